The Bertz CT molecular complexity index is 5920. The molecule has 0 N–H and O–H groups in total. The van der Waals surface area contributed by atoms with Crippen LogP contribution in [0.1, 0.15) is 27.7 Å². The van der Waals surface area contributed by atoms with E-state index < -0.39 is 0 Å². The lowest BCUT2D eigenvalue weighted by Gasteiger charge is -2.32. The van der Waals surface area contributed by atoms with Crippen molar-refractivity contribution in [3.63, 3.8) is 0 Å². The predicted molar refractivity (Wildman–Crippen MR) is 410 cm³/mol. The third-order valence-corrected chi connectivity index (χ3v) is 20.8. The Morgan fingerprint density at radius 3 is 0.969 bits per heavy atom. The smallest absolute Gasteiger partial charge is 0.455 e. The third-order valence-electron chi connectivity index (χ3n) is 20.0. The van der Waals surface area contributed by atoms with Crippen molar-refractivity contribution in [2.45, 2.75) is 38.9 Å². The van der Waals surface area contributed by atoms with E-state index in [1.165, 1.54) is 102 Å². The van der Waals surface area contributed by atoms with Gasteiger partial charge in [-0.25, -0.2) is 0 Å². The molecule has 0 spiro atoms. The van der Waals surface area contributed by atoms with Gasteiger partial charge >= 0.3 is 7.12 Å². The standard InChI is InChI=1S/C42H26O.C24H23BO3.C24H15Br/c1-2-13-30-27(11-1)12-9-20-33(30)41-36-17-5-3-15-34(36)40(35-16-4-6-18-37(35)41)29-25-23-28(24-26-29)31-19-10-21-38-32-14-7-8-22-39(32)43-42(31)38;1-23(2)24(3,4)28-25(27-23)17-14-12-16(13-15-17)18-9-7-10-20-19-8-5-6-11-21(19)26-22(18)20;25-24-21-13-5-3-11-19(21)23(20-12-4-6-14-22(20)24)18-15-7-9-16-8-1-2-10-17(16)18/h1-26H;5-15H,1-4H3;1-15H. The highest BCUT2D eigenvalue weighted by Crippen LogP contribution is 2.48. The van der Waals surface area contributed by atoms with Crippen LogP contribution in [-0.2, 0) is 9.31 Å². The third kappa shape index (κ3) is 10.1. The Balaban J connectivity index is 0.000000115. The van der Waals surface area contributed by atoms with Crippen LogP contribution in [0.4, 0.5) is 0 Å². The van der Waals surface area contributed by atoms with Gasteiger partial charge in [-0.15, -0.1) is 0 Å². The molecule has 1 aliphatic heterocycles. The molecule has 458 valence electrons. The Morgan fingerprint density at radius 1 is 0.250 bits per heavy atom. The summed E-state index contributed by atoms with van der Waals surface area (Å²) in [7, 11) is -0.346. The van der Waals surface area contributed by atoms with Gasteiger partial charge in [0, 0.05) is 37.1 Å². The molecule has 0 radical (unpaired) electrons. The molecule has 0 unspecified atom stereocenters. The first-order chi connectivity index (χ1) is 47.0. The summed E-state index contributed by atoms with van der Waals surface area (Å²) in [6.07, 6.45) is 0. The summed E-state index contributed by atoms with van der Waals surface area (Å²) in [6, 6.07) is 112. The monoisotopic (exact) mass is 1300 g/mol. The number of benzene rings is 16. The van der Waals surface area contributed by atoms with Gasteiger partial charge in [0.05, 0.1) is 11.2 Å². The van der Waals surface area contributed by atoms with Crippen molar-refractivity contribution < 1.29 is 18.1 Å². The number of para-hydroxylation sites is 4. The van der Waals surface area contributed by atoms with Gasteiger partial charge in [-0.1, -0.05) is 303 Å². The molecule has 18 aromatic rings. The normalized spacial score (nSPS) is 13.5. The summed E-state index contributed by atoms with van der Waals surface area (Å²) >= 11 is 3.84. The van der Waals surface area contributed by atoms with Crippen LogP contribution in [0.3, 0.4) is 0 Å². The van der Waals surface area contributed by atoms with Crippen molar-refractivity contribution >= 4 is 137 Å². The van der Waals surface area contributed by atoms with E-state index in [1.54, 1.807) is 0 Å². The zero-order valence-corrected chi connectivity index (χ0v) is 55.2. The van der Waals surface area contributed by atoms with Crippen LogP contribution in [0.25, 0.3) is 164 Å². The van der Waals surface area contributed by atoms with Crippen LogP contribution in [0.2, 0.25) is 0 Å². The number of hydrogen-bond donors (Lipinski definition) is 0. The number of rotatable bonds is 6. The van der Waals surface area contributed by atoms with E-state index in [0.29, 0.717) is 0 Å². The van der Waals surface area contributed by atoms with Crippen LogP contribution in [0.5, 0.6) is 0 Å². The van der Waals surface area contributed by atoms with Crippen molar-refractivity contribution in [2.75, 3.05) is 0 Å². The highest BCUT2D eigenvalue weighted by molar-refractivity contribution is 9.10. The molecule has 16 aromatic carbocycles. The largest absolute Gasteiger partial charge is 0.494 e. The van der Waals surface area contributed by atoms with Crippen molar-refractivity contribution in [3.8, 4) is 55.6 Å². The van der Waals surface area contributed by atoms with E-state index in [-0.39, 0.29) is 18.3 Å². The van der Waals surface area contributed by atoms with Crippen LogP contribution < -0.4 is 5.46 Å². The Morgan fingerprint density at radius 2 is 0.542 bits per heavy atom. The fourth-order valence-corrected chi connectivity index (χ4v) is 15.2. The highest BCUT2D eigenvalue weighted by atomic mass is 79.9. The van der Waals surface area contributed by atoms with Crippen molar-refractivity contribution in [1.82, 2.24) is 0 Å². The molecule has 1 aliphatic rings. The number of hydrogen-bond acceptors (Lipinski definition) is 4. The molecule has 1 saturated heterocycles. The van der Waals surface area contributed by atoms with E-state index in [0.717, 1.165) is 71.6 Å². The van der Waals surface area contributed by atoms with Crippen LogP contribution in [0, 0.1) is 0 Å². The maximum atomic E-state index is 6.35. The zero-order chi connectivity index (χ0) is 64.7. The summed E-state index contributed by atoms with van der Waals surface area (Å²) in [5.74, 6) is 0. The second-order valence-electron chi connectivity index (χ2n) is 26.0. The van der Waals surface area contributed by atoms with Gasteiger partial charge in [0.2, 0.25) is 0 Å². The number of halogens is 1. The highest BCUT2D eigenvalue weighted by Gasteiger charge is 2.51. The molecule has 3 heterocycles. The number of furan rings is 2. The minimum absolute atomic E-state index is 0.337. The van der Waals surface area contributed by atoms with E-state index in [9.17, 15) is 0 Å². The average Bonchev–Trinajstić information content (AvgIpc) is 1.09. The molecule has 0 amide bonds. The SMILES string of the molecule is Brc1c2ccccc2c(-c2cccc3ccccc23)c2ccccc12.CC1(C)OB(c2ccc(-c3cccc4c3oc3ccccc34)cc2)OC1(C)C.c1ccc2c(-c3c4ccccc4c(-c4ccc(-c5cccc6c5oc5ccccc56)cc4)c4ccccc34)cccc2c1. The Labute approximate surface area is 565 Å². The average molecular weight is 1300 g/mol. The van der Waals surface area contributed by atoms with Gasteiger partial charge in [-0.2, -0.15) is 0 Å². The predicted octanol–water partition coefficient (Wildman–Crippen LogP) is 25.2. The molecule has 0 aliphatic carbocycles. The first kappa shape index (κ1) is 58.9. The van der Waals surface area contributed by atoms with Gasteiger partial charge in [0.1, 0.15) is 22.3 Å². The lowest BCUT2D eigenvalue weighted by molar-refractivity contribution is 0.00578. The molecule has 1 fully saturated rings. The van der Waals surface area contributed by atoms with Gasteiger partial charge in [-0.05, 0) is 170 Å². The molecule has 0 atom stereocenters. The maximum Gasteiger partial charge on any atom is 0.494 e. The zero-order valence-electron chi connectivity index (χ0n) is 53.6. The molecule has 4 nitrogen and oxygen atoms in total. The second-order valence-corrected chi connectivity index (χ2v) is 26.8. The van der Waals surface area contributed by atoms with E-state index in [4.69, 9.17) is 18.1 Å². The molecule has 0 saturated carbocycles. The van der Waals surface area contributed by atoms with E-state index in [1.807, 2.05) is 30.3 Å². The summed E-state index contributed by atoms with van der Waals surface area (Å²) in [6.45, 7) is 8.29. The van der Waals surface area contributed by atoms with E-state index >= 15 is 0 Å². The molecule has 96 heavy (non-hydrogen) atoms. The number of fused-ring (bicyclic) bond motifs is 12. The van der Waals surface area contributed by atoms with Crippen LogP contribution in [0.15, 0.2) is 329 Å². The van der Waals surface area contributed by atoms with Gasteiger partial charge in [-0.3, -0.25) is 0 Å². The van der Waals surface area contributed by atoms with Gasteiger partial charge in [0.15, 0.2) is 0 Å². The Kier molecular flexibility index (Phi) is 14.6. The lowest BCUT2D eigenvalue weighted by atomic mass is 9.78. The summed E-state index contributed by atoms with van der Waals surface area (Å²) in [5, 5.41) is 19.8. The molecule has 6 heteroatoms. The summed E-state index contributed by atoms with van der Waals surface area (Å²) in [5.41, 5.74) is 16.2. The fourth-order valence-electron chi connectivity index (χ4n) is 14.5. The van der Waals surface area contributed by atoms with Crippen molar-refractivity contribution in [2.24, 2.45) is 0 Å². The second kappa shape index (κ2) is 23.9. The molecule has 0 bridgehead atoms. The minimum Gasteiger partial charge on any atom is -0.455 e. The topological polar surface area (TPSA) is 44.7 Å². The molecular formula is C90H64BBrO4. The van der Waals surface area contributed by atoms with Crippen molar-refractivity contribution in [1.29, 1.82) is 0 Å². The van der Waals surface area contributed by atoms with E-state index in [2.05, 4.69) is 329 Å². The molecule has 19 rings (SSSR count). The Hall–Kier alpha value is -10.9. The summed E-state index contributed by atoms with van der Waals surface area (Å²) < 4.78 is 26.0. The maximum absolute atomic E-state index is 6.35. The van der Waals surface area contributed by atoms with Crippen LogP contribution in [-0.4, -0.2) is 18.3 Å². The molecular weight excluding hydrogens is 1240 g/mol. The van der Waals surface area contributed by atoms with Crippen molar-refractivity contribution in [3.05, 3.63) is 320 Å². The first-order valence-electron chi connectivity index (χ1n) is 32.9. The van der Waals surface area contributed by atoms with Crippen LogP contribution >= 0.6 is 15.9 Å². The quantitative estimate of drug-likeness (QED) is 0.123. The first-order valence-corrected chi connectivity index (χ1v) is 33.7. The lowest BCUT2D eigenvalue weighted by Crippen LogP contribution is -2.41. The van der Waals surface area contributed by atoms with Gasteiger partial charge in [0.25, 0.3) is 0 Å². The fraction of sp³-hybridized carbons (Fsp3) is 0.0667. The summed E-state index contributed by atoms with van der Waals surface area (Å²) in [4.78, 5) is 0. The minimum atomic E-state index is -0.346. The van der Waals surface area contributed by atoms with Gasteiger partial charge < -0.3 is 18.1 Å². The molecule has 2 aromatic heterocycles.